The van der Waals surface area contributed by atoms with E-state index in [1.54, 1.807) is 0 Å². The third-order valence-electron chi connectivity index (χ3n) is 10.3. The molecule has 3 aromatic carbocycles. The smallest absolute Gasteiger partial charge is 0.411 e. The van der Waals surface area contributed by atoms with Gasteiger partial charge in [-0.25, -0.2) is 19.6 Å². The van der Waals surface area contributed by atoms with E-state index < -0.39 is 11.2 Å². The van der Waals surface area contributed by atoms with Gasteiger partial charge in [-0.3, -0.25) is 9.80 Å². The lowest BCUT2D eigenvalue weighted by atomic mass is 10.00. The first-order chi connectivity index (χ1) is 24.7. The maximum Gasteiger partial charge on any atom is 0.411 e. The van der Waals surface area contributed by atoms with Crippen LogP contribution in [0.2, 0.25) is 0 Å². The summed E-state index contributed by atoms with van der Waals surface area (Å²) in [5.41, 5.74) is 6.85. The van der Waals surface area contributed by atoms with Crippen molar-refractivity contribution in [3.8, 4) is 22.3 Å². The van der Waals surface area contributed by atoms with Crippen molar-refractivity contribution in [2.24, 2.45) is 0 Å². The minimum Gasteiger partial charge on any atom is -0.444 e. The molecule has 4 atom stereocenters. The molecular weight excluding hydrogens is 653 g/mol. The number of rotatable bonds is 6. The molecule has 2 aliphatic heterocycles. The average molecular weight is 705 g/mol. The lowest BCUT2D eigenvalue weighted by Gasteiger charge is -2.31. The van der Waals surface area contributed by atoms with Gasteiger partial charge in [-0.1, -0.05) is 50.2 Å². The number of amides is 2. The number of aromatic nitrogens is 4. The first-order valence-corrected chi connectivity index (χ1v) is 18.8. The van der Waals surface area contributed by atoms with Gasteiger partial charge in [-0.2, -0.15) is 0 Å². The molecule has 7 rings (SSSR count). The van der Waals surface area contributed by atoms with E-state index in [1.807, 2.05) is 51.3 Å². The highest BCUT2D eigenvalue weighted by Gasteiger charge is 2.42. The molecule has 2 N–H and O–H groups in total. The van der Waals surface area contributed by atoms with Crippen LogP contribution in [0.3, 0.4) is 0 Å². The van der Waals surface area contributed by atoms with Crippen LogP contribution in [0.25, 0.3) is 44.3 Å². The number of H-pyrrole nitrogens is 2. The molecule has 52 heavy (non-hydrogen) atoms. The number of benzene rings is 3. The van der Waals surface area contributed by atoms with Gasteiger partial charge in [0.15, 0.2) is 0 Å². The first-order valence-electron chi connectivity index (χ1n) is 18.8. The predicted molar refractivity (Wildman–Crippen MR) is 205 cm³/mol. The van der Waals surface area contributed by atoms with Gasteiger partial charge < -0.3 is 19.4 Å². The van der Waals surface area contributed by atoms with Crippen LogP contribution in [0.15, 0.2) is 60.7 Å². The Morgan fingerprint density at radius 1 is 0.615 bits per heavy atom. The summed E-state index contributed by atoms with van der Waals surface area (Å²) in [6, 6.07) is 21.1. The molecule has 0 saturated carbocycles. The van der Waals surface area contributed by atoms with Crippen LogP contribution in [0, 0.1) is 0 Å². The number of nitrogens with one attached hydrogen (secondary N) is 2. The minimum atomic E-state index is -0.559. The van der Waals surface area contributed by atoms with Crippen LogP contribution < -0.4 is 0 Å². The molecule has 0 spiro atoms. The molecule has 2 saturated heterocycles. The van der Waals surface area contributed by atoms with E-state index in [2.05, 4.69) is 84.5 Å². The van der Waals surface area contributed by atoms with Crippen molar-refractivity contribution in [1.29, 1.82) is 0 Å². The maximum absolute atomic E-state index is 13.3. The largest absolute Gasteiger partial charge is 0.444 e. The van der Waals surface area contributed by atoms with Gasteiger partial charge in [-0.15, -0.1) is 0 Å². The summed E-state index contributed by atoms with van der Waals surface area (Å²) in [6.07, 6.45) is 4.75. The molecule has 4 heterocycles. The standard InChI is InChI=1S/C42H52N6O4/c1-9-29-17-21-35(47(29)39(49)51-41(3,4)5)37-43-31-19-15-27(23-33(31)45-37)25-11-13-26(14-12-25)28-16-20-32-34(24-28)46-38(44-32)36-22-18-30(10-2)48(36)40(50)52-42(6,7)8/h11-16,19-20,23-24,29-30,35-36H,9-10,17-18,21-22H2,1-8H3,(H,43,45)(H,44,46)/t29-,30-,35+,36?/m1/s1. The summed E-state index contributed by atoms with van der Waals surface area (Å²) in [6.45, 7) is 15.7. The molecule has 1 unspecified atom stereocenters. The van der Waals surface area contributed by atoms with E-state index in [4.69, 9.17) is 19.4 Å². The fourth-order valence-corrected chi connectivity index (χ4v) is 7.87. The van der Waals surface area contributed by atoms with E-state index in [0.717, 1.165) is 94.5 Å². The van der Waals surface area contributed by atoms with Gasteiger partial charge in [-0.05, 0) is 127 Å². The fraction of sp³-hybridized carbons (Fsp3) is 0.476. The monoisotopic (exact) mass is 704 g/mol. The van der Waals surface area contributed by atoms with Crippen LogP contribution in [0.4, 0.5) is 9.59 Å². The Labute approximate surface area is 306 Å². The molecule has 2 fully saturated rings. The van der Waals surface area contributed by atoms with Crippen LogP contribution >= 0.6 is 0 Å². The normalized spacial score (nSPS) is 21.0. The maximum atomic E-state index is 13.3. The summed E-state index contributed by atoms with van der Waals surface area (Å²) in [5.74, 6) is 1.61. The van der Waals surface area contributed by atoms with Crippen LogP contribution in [-0.4, -0.2) is 65.2 Å². The second-order valence-electron chi connectivity index (χ2n) is 16.4. The van der Waals surface area contributed by atoms with Crippen LogP contribution in [0.1, 0.15) is 118 Å². The minimum absolute atomic E-state index is 0.133. The van der Waals surface area contributed by atoms with Crippen LogP contribution in [-0.2, 0) is 9.47 Å². The number of carbonyl (C=O) groups excluding carboxylic acids is 2. The topological polar surface area (TPSA) is 116 Å². The lowest BCUT2D eigenvalue weighted by Crippen LogP contribution is -2.41. The van der Waals surface area contributed by atoms with Gasteiger partial charge in [0.25, 0.3) is 0 Å². The van der Waals surface area contributed by atoms with Gasteiger partial charge in [0.05, 0.1) is 34.2 Å². The zero-order valence-electron chi connectivity index (χ0n) is 31.7. The van der Waals surface area contributed by atoms with E-state index in [9.17, 15) is 9.59 Å². The Hall–Kier alpha value is -4.86. The molecule has 2 aliphatic rings. The van der Waals surface area contributed by atoms with E-state index in [1.165, 1.54) is 0 Å². The van der Waals surface area contributed by atoms with Crippen molar-refractivity contribution >= 4 is 34.3 Å². The van der Waals surface area contributed by atoms with Gasteiger partial charge >= 0.3 is 12.2 Å². The van der Waals surface area contributed by atoms with Gasteiger partial charge in [0, 0.05) is 12.1 Å². The molecular formula is C42H52N6O4. The third kappa shape index (κ3) is 7.12. The van der Waals surface area contributed by atoms with Gasteiger partial charge in [0.2, 0.25) is 0 Å². The summed E-state index contributed by atoms with van der Waals surface area (Å²) in [5, 5.41) is 0. The second kappa shape index (κ2) is 13.6. The van der Waals surface area contributed by atoms with E-state index >= 15 is 0 Å². The number of hydrogen-bond acceptors (Lipinski definition) is 6. The number of hydrogen-bond donors (Lipinski definition) is 2. The number of carbonyl (C=O) groups is 2. The molecule has 0 radical (unpaired) electrons. The van der Waals surface area contributed by atoms with Crippen molar-refractivity contribution in [3.63, 3.8) is 0 Å². The zero-order chi connectivity index (χ0) is 36.9. The second-order valence-corrected chi connectivity index (χ2v) is 16.4. The molecule has 274 valence electrons. The molecule has 5 aromatic rings. The summed E-state index contributed by atoms with van der Waals surface area (Å²) >= 11 is 0. The first kappa shape index (κ1) is 35.5. The summed E-state index contributed by atoms with van der Waals surface area (Å²) in [4.78, 5) is 47.3. The number of imidazole rings is 2. The number of aromatic amines is 2. The van der Waals surface area contributed by atoms with Gasteiger partial charge in [0.1, 0.15) is 22.9 Å². The Balaban J connectivity index is 1.10. The molecule has 0 bridgehead atoms. The quantitative estimate of drug-likeness (QED) is 0.182. The number of nitrogens with zero attached hydrogens (tertiary/aromatic N) is 4. The molecule has 10 heteroatoms. The Bertz CT molecular complexity index is 1940. The van der Waals surface area contributed by atoms with Crippen molar-refractivity contribution < 1.29 is 19.1 Å². The summed E-state index contributed by atoms with van der Waals surface area (Å²) in [7, 11) is 0. The molecule has 10 nitrogen and oxygen atoms in total. The number of ether oxygens (including phenoxy) is 2. The van der Waals surface area contributed by atoms with Crippen molar-refractivity contribution in [1.82, 2.24) is 29.7 Å². The Morgan fingerprint density at radius 2 is 0.981 bits per heavy atom. The average Bonchev–Trinajstić information content (AvgIpc) is 3.89. The summed E-state index contributed by atoms with van der Waals surface area (Å²) < 4.78 is 11.6. The molecule has 2 amide bonds. The highest BCUT2D eigenvalue weighted by atomic mass is 16.6. The lowest BCUT2D eigenvalue weighted by molar-refractivity contribution is 0.0123. The van der Waals surface area contributed by atoms with E-state index in [-0.39, 0.29) is 36.4 Å². The highest BCUT2D eigenvalue weighted by Crippen LogP contribution is 2.40. The molecule has 2 aromatic heterocycles. The number of fused-ring (bicyclic) bond motifs is 2. The highest BCUT2D eigenvalue weighted by molar-refractivity contribution is 5.85. The van der Waals surface area contributed by atoms with Crippen LogP contribution in [0.5, 0.6) is 0 Å². The van der Waals surface area contributed by atoms with Crippen molar-refractivity contribution in [3.05, 3.63) is 72.3 Å². The fourth-order valence-electron chi connectivity index (χ4n) is 7.87. The Kier molecular flexibility index (Phi) is 9.30. The molecule has 0 aliphatic carbocycles. The van der Waals surface area contributed by atoms with Crippen molar-refractivity contribution in [2.75, 3.05) is 0 Å². The van der Waals surface area contributed by atoms with Crippen molar-refractivity contribution in [2.45, 2.75) is 129 Å². The SMILES string of the molecule is CC[C@@H]1CCC(c2nc3cc(-c4ccc(-c5ccc6[nH]c([C@@H]7CC[C@@H](CC)N7C(=O)OC(C)(C)C)nc6c5)cc4)ccc3[nH]2)N1C(=O)OC(C)(C)C. The van der Waals surface area contributed by atoms with E-state index in [0.29, 0.717) is 0 Å². The zero-order valence-corrected chi connectivity index (χ0v) is 31.7. The predicted octanol–water partition coefficient (Wildman–Crippen LogP) is 10.5. The number of likely N-dealkylation sites (tertiary alicyclic amines) is 2. The third-order valence-corrected chi connectivity index (χ3v) is 10.3. The Morgan fingerprint density at radius 3 is 1.33 bits per heavy atom.